The van der Waals surface area contributed by atoms with E-state index in [1.807, 2.05) is 0 Å². The van der Waals surface area contributed by atoms with Gasteiger partial charge in [-0.1, -0.05) is 18.6 Å². The normalized spacial score (nSPS) is 27.3. The number of anilines is 2. The van der Waals surface area contributed by atoms with Crippen LogP contribution in [0.1, 0.15) is 19.3 Å². The zero-order chi connectivity index (χ0) is 16.4. The van der Waals surface area contributed by atoms with Crippen molar-refractivity contribution in [3.63, 3.8) is 0 Å². The molecule has 1 aliphatic heterocycles. The maximum atomic E-state index is 12.7. The Balaban J connectivity index is 1.75. The lowest BCUT2D eigenvalue weighted by atomic mass is 9.77. The van der Waals surface area contributed by atoms with E-state index in [-0.39, 0.29) is 17.9 Å². The second kappa shape index (κ2) is 6.46. The van der Waals surface area contributed by atoms with Crippen LogP contribution in [0.4, 0.5) is 11.4 Å². The third-order valence-electron chi connectivity index (χ3n) is 4.48. The number of carbonyl (C=O) groups excluding carboxylic acids is 1. The minimum Gasteiger partial charge on any atom is -0.324 e. The van der Waals surface area contributed by atoms with Crippen LogP contribution in [0.3, 0.4) is 0 Å². The molecule has 2 fully saturated rings. The number of nitrogens with one attached hydrogen (secondary N) is 4. The van der Waals surface area contributed by atoms with Crippen LogP contribution in [0.2, 0.25) is 0 Å². The van der Waals surface area contributed by atoms with Crippen LogP contribution in [-0.4, -0.2) is 33.2 Å². The predicted molar refractivity (Wildman–Crippen MR) is 89.3 cm³/mol. The lowest BCUT2D eigenvalue weighted by molar-refractivity contribution is -0.121. The molecule has 1 amide bonds. The molecule has 0 aromatic heterocycles. The average Bonchev–Trinajstić information content (AvgIpc) is 2.96. The zero-order valence-electron chi connectivity index (χ0n) is 13.0. The van der Waals surface area contributed by atoms with E-state index in [0.717, 1.165) is 32.1 Å². The molecule has 3 atom stereocenters. The highest BCUT2D eigenvalue weighted by Gasteiger charge is 2.40. The summed E-state index contributed by atoms with van der Waals surface area (Å²) < 4.78 is 25.3. The van der Waals surface area contributed by atoms with E-state index in [4.69, 9.17) is 0 Å². The third kappa shape index (κ3) is 3.82. The van der Waals surface area contributed by atoms with Gasteiger partial charge in [-0.25, -0.2) is 8.42 Å². The van der Waals surface area contributed by atoms with Crippen molar-refractivity contribution in [3.05, 3.63) is 24.3 Å². The highest BCUT2D eigenvalue weighted by atomic mass is 32.2. The van der Waals surface area contributed by atoms with Gasteiger partial charge in [-0.15, -0.1) is 0 Å². The fourth-order valence-electron chi connectivity index (χ4n) is 3.44. The number of amides is 1. The third-order valence-corrected chi connectivity index (χ3v) is 5.07. The van der Waals surface area contributed by atoms with Gasteiger partial charge in [-0.3, -0.25) is 20.4 Å². The number of fused-ring (bicyclic) bond motifs is 1. The molecule has 4 N–H and O–H groups in total. The van der Waals surface area contributed by atoms with Crippen LogP contribution in [0.15, 0.2) is 24.3 Å². The summed E-state index contributed by atoms with van der Waals surface area (Å²) >= 11 is 0. The van der Waals surface area contributed by atoms with Gasteiger partial charge >= 0.3 is 0 Å². The molecule has 0 spiro atoms. The maximum absolute atomic E-state index is 12.7. The van der Waals surface area contributed by atoms with E-state index in [1.54, 1.807) is 24.3 Å². The molecule has 1 aromatic rings. The zero-order valence-corrected chi connectivity index (χ0v) is 13.8. The number of para-hydroxylation sites is 2. The van der Waals surface area contributed by atoms with Crippen molar-refractivity contribution in [2.75, 3.05) is 22.8 Å². The topological polar surface area (TPSA) is 99.3 Å². The standard InChI is InChI=1S/C15H22N4O3S/c1-23(21,22)19-13-8-3-2-7-12(13)17-15(20)11-6-4-5-10-9-16-18-14(10)11/h2-3,7-8,10-11,14,16,18-19H,4-6,9H2,1H3,(H,17,20). The molecule has 23 heavy (non-hydrogen) atoms. The first-order chi connectivity index (χ1) is 10.9. The Bertz CT molecular complexity index is 692. The van der Waals surface area contributed by atoms with Crippen molar-refractivity contribution in [3.8, 4) is 0 Å². The molecule has 2 aliphatic rings. The first kappa shape index (κ1) is 16.2. The van der Waals surface area contributed by atoms with Crippen LogP contribution in [-0.2, 0) is 14.8 Å². The summed E-state index contributed by atoms with van der Waals surface area (Å²) in [6.07, 6.45) is 4.08. The van der Waals surface area contributed by atoms with Crippen molar-refractivity contribution in [1.82, 2.24) is 10.9 Å². The highest BCUT2D eigenvalue weighted by molar-refractivity contribution is 7.92. The molecule has 1 aromatic carbocycles. The molecule has 1 heterocycles. The minimum atomic E-state index is -3.40. The smallest absolute Gasteiger partial charge is 0.229 e. The van der Waals surface area contributed by atoms with Gasteiger partial charge in [-0.05, 0) is 30.9 Å². The van der Waals surface area contributed by atoms with E-state index in [9.17, 15) is 13.2 Å². The molecule has 8 heteroatoms. The quantitative estimate of drug-likeness (QED) is 0.653. The van der Waals surface area contributed by atoms with E-state index >= 15 is 0 Å². The Labute approximate surface area is 136 Å². The fraction of sp³-hybridized carbons (Fsp3) is 0.533. The Hall–Kier alpha value is -1.64. The first-order valence-corrected chi connectivity index (χ1v) is 9.69. The maximum Gasteiger partial charge on any atom is 0.229 e. The Morgan fingerprint density at radius 1 is 1.22 bits per heavy atom. The fourth-order valence-corrected chi connectivity index (χ4v) is 4.02. The molecule has 0 radical (unpaired) electrons. The SMILES string of the molecule is CS(=O)(=O)Nc1ccccc1NC(=O)C1CCCC2CNNC21. The number of benzene rings is 1. The number of sulfonamides is 1. The molecule has 7 nitrogen and oxygen atoms in total. The van der Waals surface area contributed by atoms with E-state index in [2.05, 4.69) is 20.9 Å². The van der Waals surface area contributed by atoms with Gasteiger partial charge < -0.3 is 5.32 Å². The van der Waals surface area contributed by atoms with Gasteiger partial charge in [0.15, 0.2) is 0 Å². The summed E-state index contributed by atoms with van der Waals surface area (Å²) in [7, 11) is -3.40. The summed E-state index contributed by atoms with van der Waals surface area (Å²) in [6.45, 7) is 0.890. The summed E-state index contributed by atoms with van der Waals surface area (Å²) in [4.78, 5) is 12.7. The Morgan fingerprint density at radius 3 is 2.70 bits per heavy atom. The number of rotatable bonds is 4. The average molecular weight is 338 g/mol. The summed E-state index contributed by atoms with van der Waals surface area (Å²) in [5.41, 5.74) is 7.20. The van der Waals surface area contributed by atoms with Gasteiger partial charge in [0.05, 0.1) is 23.5 Å². The van der Waals surface area contributed by atoms with Crippen LogP contribution >= 0.6 is 0 Å². The first-order valence-electron chi connectivity index (χ1n) is 7.80. The van der Waals surface area contributed by atoms with E-state index in [1.165, 1.54) is 0 Å². The molecule has 126 valence electrons. The van der Waals surface area contributed by atoms with Crippen molar-refractivity contribution < 1.29 is 13.2 Å². The van der Waals surface area contributed by atoms with E-state index < -0.39 is 10.0 Å². The van der Waals surface area contributed by atoms with Gasteiger partial charge in [-0.2, -0.15) is 0 Å². The predicted octanol–water partition coefficient (Wildman–Crippen LogP) is 0.889. The van der Waals surface area contributed by atoms with Crippen molar-refractivity contribution in [2.45, 2.75) is 25.3 Å². The number of hydrogen-bond donors (Lipinski definition) is 4. The molecule has 1 saturated heterocycles. The minimum absolute atomic E-state index is 0.0707. The number of hydrogen-bond acceptors (Lipinski definition) is 5. The number of hydrazine groups is 1. The molecule has 1 aliphatic carbocycles. The molecular weight excluding hydrogens is 316 g/mol. The Morgan fingerprint density at radius 2 is 1.96 bits per heavy atom. The second-order valence-corrected chi connectivity index (χ2v) is 8.01. The molecule has 3 rings (SSSR count). The highest BCUT2D eigenvalue weighted by Crippen LogP contribution is 2.32. The van der Waals surface area contributed by atoms with Crippen LogP contribution < -0.4 is 20.9 Å². The van der Waals surface area contributed by atoms with Crippen LogP contribution in [0, 0.1) is 11.8 Å². The van der Waals surface area contributed by atoms with E-state index in [0.29, 0.717) is 17.3 Å². The molecule has 3 unspecified atom stereocenters. The molecular formula is C15H22N4O3S. The van der Waals surface area contributed by atoms with Gasteiger partial charge in [0.25, 0.3) is 0 Å². The van der Waals surface area contributed by atoms with Crippen LogP contribution in [0.5, 0.6) is 0 Å². The second-order valence-electron chi connectivity index (χ2n) is 6.26. The van der Waals surface area contributed by atoms with Crippen molar-refractivity contribution in [2.24, 2.45) is 11.8 Å². The summed E-state index contributed by atoms with van der Waals surface area (Å²) in [5, 5.41) is 2.88. The van der Waals surface area contributed by atoms with Gasteiger partial charge in [0.2, 0.25) is 15.9 Å². The van der Waals surface area contributed by atoms with Crippen molar-refractivity contribution in [1.29, 1.82) is 0 Å². The van der Waals surface area contributed by atoms with Gasteiger partial charge in [0.1, 0.15) is 0 Å². The largest absolute Gasteiger partial charge is 0.324 e. The van der Waals surface area contributed by atoms with Gasteiger partial charge in [0, 0.05) is 12.6 Å². The molecule has 0 bridgehead atoms. The summed E-state index contributed by atoms with van der Waals surface area (Å²) in [5.74, 6) is 0.289. The van der Waals surface area contributed by atoms with Crippen molar-refractivity contribution >= 4 is 27.3 Å². The lowest BCUT2D eigenvalue weighted by Gasteiger charge is -2.31. The number of carbonyl (C=O) groups is 1. The summed E-state index contributed by atoms with van der Waals surface area (Å²) in [6, 6.07) is 6.96. The lowest BCUT2D eigenvalue weighted by Crippen LogP contribution is -2.45. The monoisotopic (exact) mass is 338 g/mol. The Kier molecular flexibility index (Phi) is 4.56. The molecule has 1 saturated carbocycles. The van der Waals surface area contributed by atoms with Crippen LogP contribution in [0.25, 0.3) is 0 Å².